The molecule has 1 unspecified atom stereocenters. The maximum atomic E-state index is 11.8. The number of carboxylic acid groups (broad SMARTS) is 1. The molecule has 0 spiro atoms. The molecule has 3 nitrogen and oxygen atoms in total. The van der Waals surface area contributed by atoms with E-state index in [9.17, 15) is 18.0 Å². The van der Waals surface area contributed by atoms with Gasteiger partial charge in [0.2, 0.25) is 0 Å². The average molecular weight is 198 g/mol. The third-order valence-electron chi connectivity index (χ3n) is 1.16. The zero-order valence-corrected chi connectivity index (χ0v) is 6.84. The number of aliphatic carboxylic acids is 1. The number of carbonyl (C=O) groups is 1. The Morgan fingerprint density at radius 2 is 2.15 bits per heavy atom. The molecule has 1 atom stereocenters. The van der Waals surface area contributed by atoms with Crippen molar-refractivity contribution >= 4 is 5.97 Å². The van der Waals surface area contributed by atoms with Gasteiger partial charge in [0.15, 0.2) is 6.10 Å². The van der Waals surface area contributed by atoms with Crippen LogP contribution in [0.15, 0.2) is 12.2 Å². The molecule has 1 N–H and O–H groups in total. The van der Waals surface area contributed by atoms with Gasteiger partial charge in [-0.05, 0) is 6.92 Å². The fourth-order valence-electron chi connectivity index (χ4n) is 0.443. The molecule has 0 aliphatic carbocycles. The first-order valence-corrected chi connectivity index (χ1v) is 3.42. The van der Waals surface area contributed by atoms with E-state index in [4.69, 9.17) is 5.11 Å². The predicted molar refractivity (Wildman–Crippen MR) is 38.2 cm³/mol. The quantitative estimate of drug-likeness (QED) is 0.698. The molecule has 0 aliphatic rings. The monoisotopic (exact) mass is 198 g/mol. The van der Waals surface area contributed by atoms with Gasteiger partial charge in [0.1, 0.15) is 0 Å². The molecule has 0 aromatic carbocycles. The van der Waals surface area contributed by atoms with Crippen molar-refractivity contribution in [3.05, 3.63) is 12.2 Å². The first-order chi connectivity index (χ1) is 5.84. The first kappa shape index (κ1) is 12.0. The van der Waals surface area contributed by atoms with Crippen LogP contribution < -0.4 is 0 Å². The normalized spacial score (nSPS) is 14.8. The Morgan fingerprint density at radius 1 is 1.62 bits per heavy atom. The van der Waals surface area contributed by atoms with E-state index in [2.05, 4.69) is 4.74 Å². The van der Waals surface area contributed by atoms with Crippen LogP contribution in [-0.4, -0.2) is 30.0 Å². The highest BCUT2D eigenvalue weighted by Gasteiger charge is 2.36. The molecule has 0 saturated carbocycles. The van der Waals surface area contributed by atoms with E-state index in [0.717, 1.165) is 19.1 Å². The van der Waals surface area contributed by atoms with E-state index in [-0.39, 0.29) is 6.61 Å². The van der Waals surface area contributed by atoms with Crippen LogP contribution >= 0.6 is 0 Å². The Hall–Kier alpha value is -1.04. The highest BCUT2D eigenvalue weighted by molar-refractivity contribution is 5.79. The van der Waals surface area contributed by atoms with E-state index in [1.54, 1.807) is 0 Å². The number of hydrogen-bond acceptors (Lipinski definition) is 2. The molecule has 0 radical (unpaired) electrons. The van der Waals surface area contributed by atoms with Crippen LogP contribution in [0.3, 0.4) is 0 Å². The van der Waals surface area contributed by atoms with Crippen molar-refractivity contribution in [3.8, 4) is 0 Å². The minimum absolute atomic E-state index is 0.368. The van der Waals surface area contributed by atoms with Gasteiger partial charge < -0.3 is 9.84 Å². The maximum Gasteiger partial charge on any atom is 0.414 e. The van der Waals surface area contributed by atoms with E-state index in [1.165, 1.54) is 0 Å². The lowest BCUT2D eigenvalue weighted by Gasteiger charge is -2.14. The number of alkyl halides is 3. The minimum Gasteiger partial charge on any atom is -0.478 e. The molecular formula is C7H9F3O3. The summed E-state index contributed by atoms with van der Waals surface area (Å²) in [4.78, 5) is 9.88. The Kier molecular flexibility index (Phi) is 4.47. The van der Waals surface area contributed by atoms with Gasteiger partial charge in [-0.1, -0.05) is 6.08 Å². The third kappa shape index (κ3) is 6.15. The van der Waals surface area contributed by atoms with Crippen molar-refractivity contribution in [2.75, 3.05) is 6.61 Å². The molecule has 0 aromatic rings. The molecule has 0 bridgehead atoms. The fraction of sp³-hybridized carbons (Fsp3) is 0.571. The highest BCUT2D eigenvalue weighted by Crippen LogP contribution is 2.21. The van der Waals surface area contributed by atoms with E-state index in [1.807, 2.05) is 0 Å². The van der Waals surface area contributed by atoms with E-state index in [0.29, 0.717) is 0 Å². The predicted octanol–water partition coefficient (Wildman–Crippen LogP) is 1.59. The molecule has 6 heteroatoms. The molecule has 76 valence electrons. The van der Waals surface area contributed by atoms with Crippen molar-refractivity contribution in [1.82, 2.24) is 0 Å². The fourth-order valence-corrected chi connectivity index (χ4v) is 0.443. The molecule has 0 aromatic heterocycles. The SMILES string of the molecule is CC(OC/C=C/C(=O)O)C(F)(F)F. The summed E-state index contributed by atoms with van der Waals surface area (Å²) in [6.07, 6.45) is -4.56. The summed E-state index contributed by atoms with van der Waals surface area (Å²) in [5.41, 5.74) is 0. The molecule has 0 saturated heterocycles. The van der Waals surface area contributed by atoms with Crippen LogP contribution in [0.5, 0.6) is 0 Å². The minimum atomic E-state index is -4.41. The lowest BCUT2D eigenvalue weighted by atomic mass is 10.4. The standard InChI is InChI=1S/C7H9F3O3/c1-5(7(8,9)10)13-4-2-3-6(11)12/h2-3,5H,4H2,1H3,(H,11,12)/b3-2+. The summed E-state index contributed by atoms with van der Waals surface area (Å²) in [5, 5.41) is 8.07. The van der Waals surface area contributed by atoms with Crippen molar-refractivity contribution in [1.29, 1.82) is 0 Å². The van der Waals surface area contributed by atoms with Crippen LogP contribution in [0, 0.1) is 0 Å². The first-order valence-electron chi connectivity index (χ1n) is 3.42. The van der Waals surface area contributed by atoms with Gasteiger partial charge in [-0.25, -0.2) is 4.79 Å². The van der Waals surface area contributed by atoms with Crippen molar-refractivity contribution in [2.45, 2.75) is 19.2 Å². The van der Waals surface area contributed by atoms with Crippen molar-refractivity contribution in [2.24, 2.45) is 0 Å². The highest BCUT2D eigenvalue weighted by atomic mass is 19.4. The second-order valence-corrected chi connectivity index (χ2v) is 2.26. The van der Waals surface area contributed by atoms with Crippen molar-refractivity contribution in [3.63, 3.8) is 0 Å². The lowest BCUT2D eigenvalue weighted by Crippen LogP contribution is -2.28. The van der Waals surface area contributed by atoms with E-state index >= 15 is 0 Å². The Balaban J connectivity index is 3.72. The molecule has 13 heavy (non-hydrogen) atoms. The van der Waals surface area contributed by atoms with Crippen LogP contribution in [0.2, 0.25) is 0 Å². The summed E-state index contributed by atoms with van der Waals surface area (Å²) < 4.78 is 39.6. The number of hydrogen-bond donors (Lipinski definition) is 1. The van der Waals surface area contributed by atoms with Crippen LogP contribution in [0.1, 0.15) is 6.92 Å². The van der Waals surface area contributed by atoms with Crippen LogP contribution in [-0.2, 0) is 9.53 Å². The smallest absolute Gasteiger partial charge is 0.414 e. The van der Waals surface area contributed by atoms with Gasteiger partial charge in [-0.3, -0.25) is 0 Å². The molecule has 0 aliphatic heterocycles. The van der Waals surface area contributed by atoms with E-state index < -0.39 is 18.2 Å². The van der Waals surface area contributed by atoms with Gasteiger partial charge in [0, 0.05) is 6.08 Å². The molecule has 0 rings (SSSR count). The number of halogens is 3. The summed E-state index contributed by atoms with van der Waals surface area (Å²) in [6, 6.07) is 0. The van der Waals surface area contributed by atoms with Crippen molar-refractivity contribution < 1.29 is 27.8 Å². The Bertz CT molecular complexity index is 198. The van der Waals surface area contributed by atoms with Gasteiger partial charge >= 0.3 is 12.1 Å². The second-order valence-electron chi connectivity index (χ2n) is 2.26. The number of carboxylic acids is 1. The second kappa shape index (κ2) is 4.86. The van der Waals surface area contributed by atoms with Gasteiger partial charge in [-0.15, -0.1) is 0 Å². The lowest BCUT2D eigenvalue weighted by molar-refractivity contribution is -0.211. The summed E-state index contributed by atoms with van der Waals surface area (Å²) >= 11 is 0. The molecule has 0 heterocycles. The summed E-state index contributed by atoms with van der Waals surface area (Å²) in [5.74, 6) is -1.22. The van der Waals surface area contributed by atoms with Crippen LogP contribution in [0.4, 0.5) is 13.2 Å². The zero-order valence-electron chi connectivity index (χ0n) is 6.84. The molecular weight excluding hydrogens is 189 g/mol. The van der Waals surface area contributed by atoms with Gasteiger partial charge in [0.05, 0.1) is 6.61 Å². The Morgan fingerprint density at radius 3 is 2.54 bits per heavy atom. The summed E-state index contributed by atoms with van der Waals surface area (Å²) in [7, 11) is 0. The Labute approximate surface area is 72.8 Å². The zero-order chi connectivity index (χ0) is 10.5. The third-order valence-corrected chi connectivity index (χ3v) is 1.16. The van der Waals surface area contributed by atoms with Gasteiger partial charge in [0.25, 0.3) is 0 Å². The number of rotatable bonds is 4. The summed E-state index contributed by atoms with van der Waals surface area (Å²) in [6.45, 7) is 0.488. The molecule has 0 fully saturated rings. The topological polar surface area (TPSA) is 46.5 Å². The largest absolute Gasteiger partial charge is 0.478 e. The average Bonchev–Trinajstić information content (AvgIpc) is 1.95. The molecule has 0 amide bonds. The number of ether oxygens (including phenoxy) is 1. The van der Waals surface area contributed by atoms with Crippen LogP contribution in [0.25, 0.3) is 0 Å². The maximum absolute atomic E-state index is 11.8. The van der Waals surface area contributed by atoms with Gasteiger partial charge in [-0.2, -0.15) is 13.2 Å².